The number of carbonyl (C=O) groups is 1. The van der Waals surface area contributed by atoms with Gasteiger partial charge in [0.2, 0.25) is 5.91 Å². The van der Waals surface area contributed by atoms with Crippen LogP contribution in [0.25, 0.3) is 0 Å². The molecule has 6 N–H and O–H groups in total. The monoisotopic (exact) mass is 560 g/mol. The first-order valence-corrected chi connectivity index (χ1v) is 15.3. The molecule has 0 aromatic heterocycles. The maximum atomic E-state index is 13.0. The van der Waals surface area contributed by atoms with Crippen LogP contribution in [0.3, 0.4) is 0 Å². The Labute approximate surface area is 245 Å². The van der Waals surface area contributed by atoms with Gasteiger partial charge >= 0.3 is 0 Å². The number of hydrazine groups is 1. The average Bonchev–Trinajstić information content (AvgIpc) is 3.64. The van der Waals surface area contributed by atoms with Gasteiger partial charge in [0, 0.05) is 48.7 Å². The van der Waals surface area contributed by atoms with Crippen molar-refractivity contribution in [3.63, 3.8) is 0 Å². The minimum absolute atomic E-state index is 0.0306. The average molecular weight is 561 g/mol. The fraction of sp³-hybridized carbons (Fsp3) is 0.594. The molecule has 2 saturated carbocycles. The summed E-state index contributed by atoms with van der Waals surface area (Å²) in [7, 11) is 0. The van der Waals surface area contributed by atoms with Crippen molar-refractivity contribution >= 4 is 11.6 Å². The van der Waals surface area contributed by atoms with Gasteiger partial charge in [0.1, 0.15) is 0 Å². The molecule has 3 atom stereocenters. The molecule has 4 aliphatic rings. The number of hydrogen-bond donors (Lipinski definition) is 4. The van der Waals surface area contributed by atoms with Gasteiger partial charge in [-0.05, 0) is 56.3 Å². The van der Waals surface area contributed by atoms with E-state index < -0.39 is 0 Å². The van der Waals surface area contributed by atoms with Crippen LogP contribution in [0.1, 0.15) is 72.1 Å². The highest BCUT2D eigenvalue weighted by Gasteiger charge is 2.33. The van der Waals surface area contributed by atoms with Gasteiger partial charge in [-0.25, -0.2) is 10.8 Å². The van der Waals surface area contributed by atoms with E-state index in [1.54, 1.807) is 5.01 Å². The van der Waals surface area contributed by atoms with Crippen molar-refractivity contribution in [3.05, 3.63) is 59.5 Å². The molecule has 0 spiro atoms. The first kappa shape index (κ1) is 30.4. The molecule has 9 heteroatoms. The molecule has 0 aromatic carbocycles. The van der Waals surface area contributed by atoms with Gasteiger partial charge in [-0.15, -0.1) is 0 Å². The van der Waals surface area contributed by atoms with E-state index in [4.69, 9.17) is 16.6 Å². The van der Waals surface area contributed by atoms with Gasteiger partial charge < -0.3 is 26.3 Å². The van der Waals surface area contributed by atoms with Crippen molar-refractivity contribution in [2.45, 2.75) is 78.2 Å². The molecule has 0 bridgehead atoms. The summed E-state index contributed by atoms with van der Waals surface area (Å²) in [6.45, 7) is 12.3. The predicted molar refractivity (Wildman–Crippen MR) is 164 cm³/mol. The second kappa shape index (κ2) is 13.9. The number of nitrogens with two attached hydrogens (primary N) is 2. The lowest BCUT2D eigenvalue weighted by molar-refractivity contribution is -0.131. The second-order valence-corrected chi connectivity index (χ2v) is 12.1. The summed E-state index contributed by atoms with van der Waals surface area (Å²) in [5, 5.41) is 17.5. The number of likely N-dealkylation sites (tertiary alicyclic amines) is 1. The highest BCUT2D eigenvalue weighted by atomic mass is 16.2. The van der Waals surface area contributed by atoms with Crippen molar-refractivity contribution < 1.29 is 4.79 Å². The maximum absolute atomic E-state index is 13.0. The SMILES string of the molecule is C=C1NC=C(/C(=C\CC)NCC(=O)N2CCC(C#N)CC2)C1=NC(=C\C1CC(C)C1C)/C(N)=C/N(N)C1CCCC1. The first-order valence-electron chi connectivity index (χ1n) is 15.3. The lowest BCUT2D eigenvalue weighted by Crippen LogP contribution is -2.42. The normalized spacial score (nSPS) is 27.4. The van der Waals surface area contributed by atoms with Crippen LogP contribution in [0.15, 0.2) is 64.5 Å². The van der Waals surface area contributed by atoms with E-state index in [0.717, 1.165) is 49.8 Å². The van der Waals surface area contributed by atoms with E-state index in [1.165, 1.54) is 12.8 Å². The number of allylic oxidation sites excluding steroid dienone is 4. The number of nitrogens with one attached hydrogen (secondary N) is 2. The first-order chi connectivity index (χ1) is 19.7. The summed E-state index contributed by atoms with van der Waals surface area (Å²) in [5.41, 5.74) is 11.0. The summed E-state index contributed by atoms with van der Waals surface area (Å²) >= 11 is 0. The van der Waals surface area contributed by atoms with E-state index >= 15 is 0 Å². The van der Waals surface area contributed by atoms with E-state index in [9.17, 15) is 10.1 Å². The maximum Gasteiger partial charge on any atom is 0.241 e. The summed E-state index contributed by atoms with van der Waals surface area (Å²) in [4.78, 5) is 19.9. The lowest BCUT2D eigenvalue weighted by Gasteiger charge is -2.39. The van der Waals surface area contributed by atoms with Gasteiger partial charge in [0.25, 0.3) is 0 Å². The summed E-state index contributed by atoms with van der Waals surface area (Å²) in [6, 6.07) is 2.62. The minimum atomic E-state index is 0.0306. The molecule has 3 fully saturated rings. The summed E-state index contributed by atoms with van der Waals surface area (Å²) in [6.07, 6.45) is 15.9. The number of aliphatic imine (C=N–C) groups is 1. The fourth-order valence-corrected chi connectivity index (χ4v) is 6.17. The Morgan fingerprint density at radius 1 is 1.29 bits per heavy atom. The number of carbonyl (C=O) groups excluding carboxylic acids is 1. The molecule has 0 radical (unpaired) electrons. The van der Waals surface area contributed by atoms with Gasteiger partial charge in [0.15, 0.2) is 0 Å². The molecule has 222 valence electrons. The van der Waals surface area contributed by atoms with Gasteiger partial charge in [-0.1, -0.05) is 52.3 Å². The molecule has 2 heterocycles. The van der Waals surface area contributed by atoms with Crippen molar-refractivity contribution in [1.29, 1.82) is 5.26 Å². The number of hydrogen-bond acceptors (Lipinski definition) is 8. The van der Waals surface area contributed by atoms with Crippen molar-refractivity contribution in [2.75, 3.05) is 19.6 Å². The highest BCUT2D eigenvalue weighted by Crippen LogP contribution is 2.41. The van der Waals surface area contributed by atoms with E-state index in [2.05, 4.69) is 56.2 Å². The third-order valence-electron chi connectivity index (χ3n) is 9.24. The topological polar surface area (TPSA) is 136 Å². The number of amides is 1. The predicted octanol–water partition coefficient (Wildman–Crippen LogP) is 4.17. The lowest BCUT2D eigenvalue weighted by atomic mass is 9.66. The standard InChI is InChI=1S/C32H48N8O/c1-5-8-29(37-19-31(41)39-13-11-24(17-33)12-14-39)27-18-36-23(4)32(27)38-30(16-25-15-21(2)22(25)3)28(34)20-40(35)26-9-6-7-10-26/h8,16,18,20-22,24-26,36-37H,4-7,9-15,19,34-35H2,1-3H3/b28-20-,29-8+,30-16-,38-32?. The van der Waals surface area contributed by atoms with Crippen LogP contribution >= 0.6 is 0 Å². The van der Waals surface area contributed by atoms with Gasteiger partial charge in [-0.2, -0.15) is 5.26 Å². The Balaban J connectivity index is 1.55. The molecule has 1 saturated heterocycles. The molecule has 1 amide bonds. The van der Waals surface area contributed by atoms with Crippen LogP contribution in [-0.4, -0.2) is 47.2 Å². The molecule has 3 unspecified atom stereocenters. The zero-order valence-electron chi connectivity index (χ0n) is 25.0. The molecule has 2 aliphatic carbocycles. The third-order valence-corrected chi connectivity index (χ3v) is 9.24. The number of piperidine rings is 1. The van der Waals surface area contributed by atoms with Crippen LogP contribution in [0.4, 0.5) is 0 Å². The van der Waals surface area contributed by atoms with E-state index in [1.807, 2.05) is 17.3 Å². The van der Waals surface area contributed by atoms with E-state index in [-0.39, 0.29) is 18.4 Å². The van der Waals surface area contributed by atoms with E-state index in [0.29, 0.717) is 59.7 Å². The Morgan fingerprint density at radius 3 is 2.61 bits per heavy atom. The van der Waals surface area contributed by atoms with Crippen LogP contribution in [0.2, 0.25) is 0 Å². The molecular weight excluding hydrogens is 512 g/mol. The zero-order valence-corrected chi connectivity index (χ0v) is 25.0. The summed E-state index contributed by atoms with van der Waals surface area (Å²) < 4.78 is 0. The molecule has 9 nitrogen and oxygen atoms in total. The molecule has 41 heavy (non-hydrogen) atoms. The largest absolute Gasteiger partial charge is 0.396 e. The van der Waals surface area contributed by atoms with Crippen molar-refractivity contribution in [1.82, 2.24) is 20.5 Å². The van der Waals surface area contributed by atoms with Crippen LogP contribution in [0, 0.1) is 35.0 Å². The number of nitrogens with zero attached hydrogens (tertiary/aromatic N) is 4. The van der Waals surface area contributed by atoms with Crippen LogP contribution in [-0.2, 0) is 4.79 Å². The summed E-state index contributed by atoms with van der Waals surface area (Å²) in [5.74, 6) is 8.13. The third kappa shape index (κ3) is 7.42. The van der Waals surface area contributed by atoms with Crippen LogP contribution < -0.4 is 22.2 Å². The smallest absolute Gasteiger partial charge is 0.241 e. The second-order valence-electron chi connectivity index (χ2n) is 12.1. The molecule has 2 aliphatic heterocycles. The highest BCUT2D eigenvalue weighted by molar-refractivity contribution is 6.17. The zero-order chi connectivity index (χ0) is 29.5. The van der Waals surface area contributed by atoms with Crippen molar-refractivity contribution in [3.8, 4) is 6.07 Å². The quantitative estimate of drug-likeness (QED) is 0.179. The molecule has 4 rings (SSSR count). The Hall–Kier alpha value is -3.51. The van der Waals surface area contributed by atoms with Crippen LogP contribution in [0.5, 0.6) is 0 Å². The Morgan fingerprint density at radius 2 is 2.00 bits per heavy atom. The Bertz CT molecular complexity index is 1170. The number of rotatable bonds is 10. The van der Waals surface area contributed by atoms with Crippen molar-refractivity contribution in [2.24, 2.45) is 40.2 Å². The minimum Gasteiger partial charge on any atom is -0.396 e. The fourth-order valence-electron chi connectivity index (χ4n) is 6.17. The Kier molecular flexibility index (Phi) is 10.3. The molecular formula is C32H48N8O. The number of nitriles is 1. The van der Waals surface area contributed by atoms with Gasteiger partial charge in [-0.3, -0.25) is 4.79 Å². The van der Waals surface area contributed by atoms with Gasteiger partial charge in [0.05, 0.1) is 35.4 Å². The molecule has 0 aromatic rings.